The molecule has 0 radical (unpaired) electrons. The van der Waals surface area contributed by atoms with Gasteiger partial charge in [0.25, 0.3) is 0 Å². The highest BCUT2D eigenvalue weighted by atomic mass is 31.2. The van der Waals surface area contributed by atoms with E-state index in [4.69, 9.17) is 20.7 Å². The summed E-state index contributed by atoms with van der Waals surface area (Å²) in [6, 6.07) is 0. The molecule has 0 rings (SSSR count). The van der Waals surface area contributed by atoms with Gasteiger partial charge in [0.15, 0.2) is 0 Å². The Morgan fingerprint density at radius 2 is 2.17 bits per heavy atom. The van der Waals surface area contributed by atoms with E-state index in [1.807, 2.05) is 0 Å². The number of hydrogen-bond acceptors (Lipinski definition) is 3. The minimum atomic E-state index is -3.98. The van der Waals surface area contributed by atoms with Crippen LogP contribution in [0.3, 0.4) is 0 Å². The SMILES string of the molecule is CC(C/C(N)=N\O)CP(=O)(O)O. The molecule has 0 saturated carbocycles. The summed E-state index contributed by atoms with van der Waals surface area (Å²) >= 11 is 0. The molecule has 6 nitrogen and oxygen atoms in total. The summed E-state index contributed by atoms with van der Waals surface area (Å²) in [5, 5.41) is 10.9. The highest BCUT2D eigenvalue weighted by molar-refractivity contribution is 7.51. The van der Waals surface area contributed by atoms with Gasteiger partial charge < -0.3 is 20.7 Å². The van der Waals surface area contributed by atoms with Crippen LogP contribution in [0, 0.1) is 5.92 Å². The Morgan fingerprint density at radius 1 is 1.67 bits per heavy atom. The monoisotopic (exact) mass is 196 g/mol. The van der Waals surface area contributed by atoms with Crippen molar-refractivity contribution < 1.29 is 19.6 Å². The predicted octanol–water partition coefficient (Wildman–Crippen LogP) is -0.0633. The molecule has 72 valence electrons. The van der Waals surface area contributed by atoms with Crippen LogP contribution in [0.1, 0.15) is 13.3 Å². The van der Waals surface area contributed by atoms with Gasteiger partial charge in [-0.2, -0.15) is 0 Å². The molecule has 0 amide bonds. The van der Waals surface area contributed by atoms with Crippen LogP contribution in [0.25, 0.3) is 0 Å². The fraction of sp³-hybridized carbons (Fsp3) is 0.800. The van der Waals surface area contributed by atoms with Gasteiger partial charge in [0.1, 0.15) is 5.84 Å². The first-order valence-corrected chi connectivity index (χ1v) is 5.16. The quantitative estimate of drug-likeness (QED) is 0.165. The fourth-order valence-electron chi connectivity index (χ4n) is 0.868. The first-order valence-electron chi connectivity index (χ1n) is 3.36. The van der Waals surface area contributed by atoms with Crippen molar-refractivity contribution in [1.82, 2.24) is 0 Å². The topological polar surface area (TPSA) is 116 Å². The third-order valence-electron chi connectivity index (χ3n) is 1.24. The average molecular weight is 196 g/mol. The van der Waals surface area contributed by atoms with E-state index in [0.717, 1.165) is 0 Å². The Bertz CT molecular complexity index is 211. The molecular formula is C5H13N2O4P. The van der Waals surface area contributed by atoms with Gasteiger partial charge in [-0.3, -0.25) is 4.57 Å². The summed E-state index contributed by atoms with van der Waals surface area (Å²) in [7, 11) is -3.98. The summed E-state index contributed by atoms with van der Waals surface area (Å²) in [5.41, 5.74) is 5.14. The molecule has 5 N–H and O–H groups in total. The molecule has 12 heavy (non-hydrogen) atoms. The molecular weight excluding hydrogens is 183 g/mol. The Labute approximate surface area is 70.2 Å². The van der Waals surface area contributed by atoms with Crippen molar-refractivity contribution in [2.75, 3.05) is 6.16 Å². The van der Waals surface area contributed by atoms with Crippen LogP contribution in [0.4, 0.5) is 0 Å². The van der Waals surface area contributed by atoms with Crippen molar-refractivity contribution in [3.63, 3.8) is 0 Å². The standard InChI is InChI=1S/C5H13N2O4P/c1-4(2-5(6)7-8)3-12(9,10)11/h4,8H,2-3H2,1H3,(H2,6,7)(H2,9,10,11). The van der Waals surface area contributed by atoms with Crippen molar-refractivity contribution in [2.45, 2.75) is 13.3 Å². The third-order valence-corrected chi connectivity index (χ3v) is 2.33. The van der Waals surface area contributed by atoms with E-state index in [1.54, 1.807) is 6.92 Å². The zero-order valence-corrected chi connectivity index (χ0v) is 7.61. The lowest BCUT2D eigenvalue weighted by atomic mass is 10.1. The largest absolute Gasteiger partial charge is 0.409 e. The number of amidine groups is 1. The molecule has 0 aromatic carbocycles. The summed E-state index contributed by atoms with van der Waals surface area (Å²) in [6.45, 7) is 1.62. The molecule has 0 heterocycles. The maximum Gasteiger partial charge on any atom is 0.325 e. The van der Waals surface area contributed by atoms with Gasteiger partial charge in [-0.1, -0.05) is 12.1 Å². The van der Waals surface area contributed by atoms with Gasteiger partial charge in [0.05, 0.1) is 6.16 Å². The van der Waals surface area contributed by atoms with Crippen LogP contribution in [0.15, 0.2) is 5.16 Å². The van der Waals surface area contributed by atoms with Gasteiger partial charge in [-0.05, 0) is 5.92 Å². The minimum Gasteiger partial charge on any atom is -0.409 e. The van der Waals surface area contributed by atoms with E-state index in [9.17, 15) is 4.57 Å². The Hall–Kier alpha value is -0.580. The summed E-state index contributed by atoms with van der Waals surface area (Å²) in [4.78, 5) is 17.1. The maximum absolute atomic E-state index is 10.5. The number of nitrogens with zero attached hydrogens (tertiary/aromatic N) is 1. The summed E-state index contributed by atoms with van der Waals surface area (Å²) < 4.78 is 10.5. The van der Waals surface area contributed by atoms with E-state index in [0.29, 0.717) is 0 Å². The minimum absolute atomic E-state index is 0.0176. The number of rotatable bonds is 4. The molecule has 0 fully saturated rings. The highest BCUT2D eigenvalue weighted by Crippen LogP contribution is 2.37. The molecule has 0 aliphatic carbocycles. The number of hydrogen-bond donors (Lipinski definition) is 4. The average Bonchev–Trinajstić information content (AvgIpc) is 1.82. The van der Waals surface area contributed by atoms with Crippen molar-refractivity contribution in [1.29, 1.82) is 0 Å². The second-order valence-electron chi connectivity index (χ2n) is 2.75. The van der Waals surface area contributed by atoms with Crippen LogP contribution in [-0.2, 0) is 4.57 Å². The normalized spacial score (nSPS) is 16.1. The van der Waals surface area contributed by atoms with Crippen LogP contribution < -0.4 is 5.73 Å². The number of nitrogens with two attached hydrogens (primary N) is 1. The van der Waals surface area contributed by atoms with Gasteiger partial charge in [0, 0.05) is 6.42 Å². The van der Waals surface area contributed by atoms with Gasteiger partial charge in [-0.25, -0.2) is 0 Å². The van der Waals surface area contributed by atoms with E-state index in [-0.39, 0.29) is 24.3 Å². The molecule has 0 aliphatic rings. The molecule has 0 aliphatic heterocycles. The molecule has 7 heteroatoms. The molecule has 0 saturated heterocycles. The van der Waals surface area contributed by atoms with E-state index in [1.165, 1.54) is 0 Å². The highest BCUT2D eigenvalue weighted by Gasteiger charge is 2.18. The van der Waals surface area contributed by atoms with Gasteiger partial charge in [0.2, 0.25) is 0 Å². The zero-order chi connectivity index (χ0) is 9.78. The van der Waals surface area contributed by atoms with Crippen molar-refractivity contribution >= 4 is 13.4 Å². The summed E-state index contributed by atoms with van der Waals surface area (Å²) in [5.74, 6) is -0.308. The molecule has 1 atom stereocenters. The van der Waals surface area contributed by atoms with Crippen molar-refractivity contribution in [3.8, 4) is 0 Å². The van der Waals surface area contributed by atoms with Crippen LogP contribution in [-0.4, -0.2) is 27.0 Å². The molecule has 0 spiro atoms. The third kappa shape index (κ3) is 6.15. The maximum atomic E-state index is 10.5. The summed E-state index contributed by atoms with van der Waals surface area (Å²) in [6.07, 6.45) is -0.0647. The predicted molar refractivity (Wildman–Crippen MR) is 44.1 cm³/mol. The van der Waals surface area contributed by atoms with E-state index < -0.39 is 7.60 Å². The number of oxime groups is 1. The lowest BCUT2D eigenvalue weighted by Gasteiger charge is -2.10. The molecule has 0 aromatic heterocycles. The Morgan fingerprint density at radius 3 is 2.50 bits per heavy atom. The fourth-order valence-corrected chi connectivity index (χ4v) is 1.81. The van der Waals surface area contributed by atoms with Gasteiger partial charge in [-0.15, -0.1) is 0 Å². The molecule has 0 bridgehead atoms. The van der Waals surface area contributed by atoms with Crippen LogP contribution >= 0.6 is 7.60 Å². The van der Waals surface area contributed by atoms with Gasteiger partial charge >= 0.3 is 7.60 Å². The first-order chi connectivity index (χ1) is 5.35. The second-order valence-corrected chi connectivity index (χ2v) is 4.44. The lowest BCUT2D eigenvalue weighted by molar-refractivity contribution is 0.315. The van der Waals surface area contributed by atoms with Crippen LogP contribution in [0.5, 0.6) is 0 Å². The Balaban J connectivity index is 3.91. The zero-order valence-electron chi connectivity index (χ0n) is 6.71. The lowest BCUT2D eigenvalue weighted by Crippen LogP contribution is -2.17. The van der Waals surface area contributed by atoms with Crippen LogP contribution in [0.2, 0.25) is 0 Å². The second kappa shape index (κ2) is 4.45. The van der Waals surface area contributed by atoms with Crippen molar-refractivity contribution in [3.05, 3.63) is 0 Å². The first kappa shape index (κ1) is 11.4. The smallest absolute Gasteiger partial charge is 0.325 e. The van der Waals surface area contributed by atoms with E-state index in [2.05, 4.69) is 5.16 Å². The van der Waals surface area contributed by atoms with E-state index >= 15 is 0 Å². The molecule has 1 unspecified atom stereocenters. The Kier molecular flexibility index (Phi) is 4.23. The molecule has 0 aromatic rings. The van der Waals surface area contributed by atoms with Crippen molar-refractivity contribution in [2.24, 2.45) is 16.8 Å².